The standard InChI is InChI=1S/C33H39N7O4S.CH2O2/c1-21(19-43-5)36-16-22-8-9-26-25(13-22)37-32(38-30(41)29-11-10-28(45-29)27-17-35-20-44-27)40(26)18-24-7-6-12-39(24)31(42)23(15-34)14-33(2,3)4;2-1-3/h8-11,13-14,17,20-21,24,36H,6-7,12,16,18-19H2,1-5H3,(H,37,38,41);1H,(H,2,3)/t21-,24+;/m0./s1. The number of rotatable bonds is 11. The number of thiophene rings is 1. The molecule has 14 heteroatoms. The summed E-state index contributed by atoms with van der Waals surface area (Å²) in [5.41, 5.74) is 2.47. The lowest BCUT2D eigenvalue weighted by Gasteiger charge is -2.26. The van der Waals surface area contributed by atoms with Crippen molar-refractivity contribution >= 4 is 46.6 Å². The van der Waals surface area contributed by atoms with Crippen LogP contribution in [0.15, 0.2) is 59.0 Å². The van der Waals surface area contributed by atoms with E-state index in [1.165, 1.54) is 17.7 Å². The van der Waals surface area contributed by atoms with Crippen LogP contribution in [-0.4, -0.2) is 75.2 Å². The van der Waals surface area contributed by atoms with Gasteiger partial charge in [0.15, 0.2) is 12.2 Å². The summed E-state index contributed by atoms with van der Waals surface area (Å²) in [7, 11) is 1.68. The molecule has 13 nitrogen and oxygen atoms in total. The molecule has 2 atom stereocenters. The van der Waals surface area contributed by atoms with Crippen LogP contribution in [0.5, 0.6) is 0 Å². The molecule has 0 unspecified atom stereocenters. The number of allylic oxidation sites excluding steroid dienone is 1. The van der Waals surface area contributed by atoms with Gasteiger partial charge in [-0.2, -0.15) is 5.26 Å². The number of carbonyl (C=O) groups is 3. The molecule has 0 bridgehead atoms. The number of aromatic nitrogens is 3. The number of oxazole rings is 1. The van der Waals surface area contributed by atoms with E-state index in [9.17, 15) is 14.9 Å². The minimum absolute atomic E-state index is 0.151. The topological polar surface area (TPSA) is 176 Å². The average molecular weight is 676 g/mol. The maximum Gasteiger partial charge on any atom is 0.290 e. The number of nitriles is 1. The smallest absolute Gasteiger partial charge is 0.290 e. The Hall–Kier alpha value is -4.84. The number of benzene rings is 1. The minimum Gasteiger partial charge on any atom is -0.483 e. The number of imidazole rings is 1. The quantitative estimate of drug-likeness (QED) is 0.107. The van der Waals surface area contributed by atoms with Gasteiger partial charge in [0.1, 0.15) is 11.6 Å². The highest BCUT2D eigenvalue weighted by Gasteiger charge is 2.32. The number of carbonyl (C=O) groups excluding carboxylic acids is 2. The summed E-state index contributed by atoms with van der Waals surface area (Å²) in [6.45, 7) is 9.94. The molecule has 2 amide bonds. The molecule has 4 heterocycles. The third-order valence-electron chi connectivity index (χ3n) is 7.57. The van der Waals surface area contributed by atoms with Gasteiger partial charge in [-0.25, -0.2) is 9.97 Å². The summed E-state index contributed by atoms with van der Waals surface area (Å²) < 4.78 is 12.6. The zero-order valence-corrected chi connectivity index (χ0v) is 28.5. The number of carboxylic acid groups (broad SMARTS) is 1. The summed E-state index contributed by atoms with van der Waals surface area (Å²) in [6, 6.07) is 11.8. The number of nitrogens with zero attached hydrogens (tertiary/aromatic N) is 5. The van der Waals surface area contributed by atoms with Crippen LogP contribution in [0.2, 0.25) is 0 Å². The van der Waals surface area contributed by atoms with Gasteiger partial charge in [0.25, 0.3) is 18.3 Å². The molecule has 3 aromatic heterocycles. The molecule has 48 heavy (non-hydrogen) atoms. The maximum absolute atomic E-state index is 13.5. The predicted molar refractivity (Wildman–Crippen MR) is 182 cm³/mol. The number of methoxy groups -OCH3 is 1. The van der Waals surface area contributed by atoms with Crippen LogP contribution in [-0.2, 0) is 27.4 Å². The molecule has 1 aliphatic rings. The van der Waals surface area contributed by atoms with Crippen molar-refractivity contribution < 1.29 is 28.6 Å². The monoisotopic (exact) mass is 675 g/mol. The van der Waals surface area contributed by atoms with Crippen molar-refractivity contribution in [1.82, 2.24) is 24.8 Å². The van der Waals surface area contributed by atoms with Crippen LogP contribution in [0.4, 0.5) is 5.95 Å². The molecule has 3 N–H and O–H groups in total. The summed E-state index contributed by atoms with van der Waals surface area (Å²) >= 11 is 1.30. The van der Waals surface area contributed by atoms with Crippen LogP contribution >= 0.6 is 11.3 Å². The van der Waals surface area contributed by atoms with Crippen LogP contribution in [0.3, 0.4) is 0 Å². The Kier molecular flexibility index (Phi) is 12.2. The van der Waals surface area contributed by atoms with E-state index < -0.39 is 0 Å². The predicted octanol–water partition coefficient (Wildman–Crippen LogP) is 5.32. The molecule has 0 saturated carbocycles. The van der Waals surface area contributed by atoms with Gasteiger partial charge in [-0.1, -0.05) is 32.9 Å². The zero-order valence-electron chi connectivity index (χ0n) is 27.7. The molecule has 254 valence electrons. The van der Waals surface area contributed by atoms with E-state index in [-0.39, 0.29) is 41.4 Å². The molecule has 1 aromatic carbocycles. The summed E-state index contributed by atoms with van der Waals surface area (Å²) in [4.78, 5) is 47.3. The molecule has 0 spiro atoms. The Morgan fingerprint density at radius 2 is 2.06 bits per heavy atom. The fraction of sp³-hybridized carbons (Fsp3) is 0.412. The first-order chi connectivity index (χ1) is 23.0. The fourth-order valence-corrected chi connectivity index (χ4v) is 6.35. The number of hydrogen-bond donors (Lipinski definition) is 3. The highest BCUT2D eigenvalue weighted by atomic mass is 32.1. The second-order valence-corrected chi connectivity index (χ2v) is 13.6. The van der Waals surface area contributed by atoms with Crippen LogP contribution in [0, 0.1) is 16.7 Å². The van der Waals surface area contributed by atoms with Gasteiger partial charge in [-0.3, -0.25) is 19.7 Å². The Bertz CT molecular complexity index is 1780. The Labute approximate surface area is 283 Å². The van der Waals surface area contributed by atoms with Crippen molar-refractivity contribution in [3.05, 3.63) is 65.0 Å². The Balaban J connectivity index is 0.00000167. The van der Waals surface area contributed by atoms with E-state index in [1.54, 1.807) is 30.3 Å². The first-order valence-electron chi connectivity index (χ1n) is 15.5. The normalized spacial score (nSPS) is 15.5. The lowest BCUT2D eigenvalue weighted by atomic mass is 9.93. The lowest BCUT2D eigenvalue weighted by Crippen LogP contribution is -2.39. The van der Waals surface area contributed by atoms with Crippen molar-refractivity contribution in [2.45, 2.75) is 65.7 Å². The zero-order chi connectivity index (χ0) is 34.8. The van der Waals surface area contributed by atoms with E-state index in [4.69, 9.17) is 24.0 Å². The van der Waals surface area contributed by atoms with E-state index in [1.807, 2.05) is 49.6 Å². The SMILES string of the molecule is COC[C@H](C)NCc1ccc2c(c1)nc(NC(=O)c1ccc(-c3cnco3)s1)n2C[C@H]1CCCN1C(=O)C(C#N)=CC(C)(C)C.O=CO. The lowest BCUT2D eigenvalue weighted by molar-refractivity contribution is -0.127. The number of fused-ring (bicyclic) bond motifs is 1. The van der Waals surface area contributed by atoms with Gasteiger partial charge >= 0.3 is 0 Å². The Morgan fingerprint density at radius 3 is 2.73 bits per heavy atom. The highest BCUT2D eigenvalue weighted by Crippen LogP contribution is 2.30. The largest absolute Gasteiger partial charge is 0.483 e. The minimum atomic E-state index is -0.309. The first-order valence-corrected chi connectivity index (χ1v) is 16.3. The second kappa shape index (κ2) is 16.3. The third-order valence-corrected chi connectivity index (χ3v) is 8.67. The molecular formula is C34H41N7O6S. The van der Waals surface area contributed by atoms with E-state index in [2.05, 4.69) is 28.6 Å². The van der Waals surface area contributed by atoms with Gasteiger partial charge < -0.3 is 29.0 Å². The summed E-state index contributed by atoms with van der Waals surface area (Å²) in [5.74, 6) is 0.432. The van der Waals surface area contributed by atoms with Gasteiger partial charge in [0, 0.05) is 32.8 Å². The van der Waals surface area contributed by atoms with Gasteiger partial charge in [-0.15, -0.1) is 11.3 Å². The molecule has 1 aliphatic heterocycles. The molecule has 1 saturated heterocycles. The number of anilines is 1. The number of ether oxygens (including phenoxy) is 1. The highest BCUT2D eigenvalue weighted by molar-refractivity contribution is 7.17. The van der Waals surface area contributed by atoms with Crippen LogP contribution in [0.25, 0.3) is 21.7 Å². The Morgan fingerprint density at radius 1 is 1.29 bits per heavy atom. The van der Waals surface area contributed by atoms with Crippen molar-refractivity contribution in [3.8, 4) is 16.7 Å². The van der Waals surface area contributed by atoms with E-state index in [0.29, 0.717) is 42.8 Å². The first kappa shape index (κ1) is 36.0. The molecule has 4 aromatic rings. The molecule has 5 rings (SSSR count). The number of hydrogen-bond acceptors (Lipinski definition) is 10. The van der Waals surface area contributed by atoms with Crippen LogP contribution < -0.4 is 10.6 Å². The molecule has 0 radical (unpaired) electrons. The summed E-state index contributed by atoms with van der Waals surface area (Å²) in [5, 5.41) is 23.2. The number of likely N-dealkylation sites (tertiary alicyclic amines) is 1. The fourth-order valence-electron chi connectivity index (χ4n) is 5.49. The van der Waals surface area contributed by atoms with Crippen molar-refractivity contribution in [3.63, 3.8) is 0 Å². The van der Waals surface area contributed by atoms with Gasteiger partial charge in [0.05, 0.1) is 39.6 Å². The van der Waals surface area contributed by atoms with Crippen molar-refractivity contribution in [2.75, 3.05) is 25.6 Å². The molecule has 0 aliphatic carbocycles. The summed E-state index contributed by atoms with van der Waals surface area (Å²) in [6.07, 6.45) is 6.30. The average Bonchev–Trinajstić information content (AvgIpc) is 3.86. The van der Waals surface area contributed by atoms with Gasteiger partial charge in [-0.05, 0) is 55.0 Å². The maximum atomic E-state index is 13.5. The van der Waals surface area contributed by atoms with Crippen molar-refractivity contribution in [2.24, 2.45) is 5.41 Å². The molecule has 1 fully saturated rings. The third kappa shape index (κ3) is 9.15. The number of nitrogens with one attached hydrogen (secondary N) is 2. The number of amides is 2. The van der Waals surface area contributed by atoms with Gasteiger partial charge in [0.2, 0.25) is 5.95 Å². The van der Waals surface area contributed by atoms with E-state index in [0.717, 1.165) is 34.3 Å². The van der Waals surface area contributed by atoms with Crippen molar-refractivity contribution in [1.29, 1.82) is 5.26 Å². The van der Waals surface area contributed by atoms with Crippen LogP contribution in [0.1, 0.15) is 55.8 Å². The molecular weight excluding hydrogens is 634 g/mol. The van der Waals surface area contributed by atoms with E-state index >= 15 is 0 Å². The second-order valence-electron chi connectivity index (χ2n) is 12.5.